The number of rotatable bonds is 6. The molecule has 0 N–H and O–H groups in total. The molecular weight excluding hydrogens is 191 g/mol. The maximum absolute atomic E-state index is 5.53. The van der Waals surface area contributed by atoms with Gasteiger partial charge in [0.2, 0.25) is 0 Å². The molecule has 0 saturated carbocycles. The molecule has 0 nitrogen and oxygen atoms in total. The van der Waals surface area contributed by atoms with Gasteiger partial charge in [0.15, 0.2) is 0 Å². The summed E-state index contributed by atoms with van der Waals surface area (Å²) in [7, 11) is 0. The van der Waals surface area contributed by atoms with E-state index in [1.165, 1.54) is 12.8 Å². The van der Waals surface area contributed by atoms with Crippen molar-refractivity contribution in [3.05, 3.63) is 0 Å². The van der Waals surface area contributed by atoms with E-state index in [1.807, 2.05) is 0 Å². The predicted molar refractivity (Wildman–Crippen MR) is 56.9 cm³/mol. The maximum atomic E-state index is 5.53. The molecule has 12 heavy (non-hydrogen) atoms. The molecule has 0 aliphatic carbocycles. The quantitative estimate of drug-likeness (QED) is 0.353. The van der Waals surface area contributed by atoms with Crippen molar-refractivity contribution in [2.24, 2.45) is 0 Å². The summed E-state index contributed by atoms with van der Waals surface area (Å²) in [4.78, 5) is 0. The van der Waals surface area contributed by atoms with Crippen molar-refractivity contribution < 1.29 is 0 Å². The van der Waals surface area contributed by atoms with Crippen LogP contribution in [0, 0.1) is 11.8 Å². The second-order valence-corrected chi connectivity index (χ2v) is 3.40. The Morgan fingerprint density at radius 3 is 1.83 bits per heavy atom. The zero-order chi connectivity index (χ0) is 9.07. The van der Waals surface area contributed by atoms with Gasteiger partial charge in [0.25, 0.3) is 0 Å². The third kappa shape index (κ3) is 10.1. The fourth-order valence-corrected chi connectivity index (χ4v) is 1.14. The summed E-state index contributed by atoms with van der Waals surface area (Å²) in [5.74, 6) is 7.72. The molecule has 0 saturated heterocycles. The number of halogens is 2. The van der Waals surface area contributed by atoms with E-state index < -0.39 is 0 Å². The smallest absolute Gasteiger partial charge is 0.0232 e. The van der Waals surface area contributed by atoms with E-state index in [1.54, 1.807) is 0 Å². The summed E-state index contributed by atoms with van der Waals surface area (Å²) in [5.41, 5.74) is 0. The van der Waals surface area contributed by atoms with Crippen molar-refractivity contribution in [3.63, 3.8) is 0 Å². The highest BCUT2D eigenvalue weighted by atomic mass is 35.5. The van der Waals surface area contributed by atoms with Crippen LogP contribution in [0.4, 0.5) is 0 Å². The Hall–Kier alpha value is 0.140. The first kappa shape index (κ1) is 12.1. The lowest BCUT2D eigenvalue weighted by Gasteiger charge is -1.90. The van der Waals surface area contributed by atoms with Crippen molar-refractivity contribution in [3.8, 4) is 11.8 Å². The number of unbranched alkanes of at least 4 members (excludes halogenated alkanes) is 4. The molecule has 70 valence electrons. The molecule has 2 heteroatoms. The molecule has 0 amide bonds. The molecule has 0 bridgehead atoms. The summed E-state index contributed by atoms with van der Waals surface area (Å²) >= 11 is 11.0. The highest BCUT2D eigenvalue weighted by Crippen LogP contribution is 1.99. The van der Waals surface area contributed by atoms with E-state index in [-0.39, 0.29) is 0 Å². The largest absolute Gasteiger partial charge is 0.127 e. The van der Waals surface area contributed by atoms with Gasteiger partial charge in [-0.15, -0.1) is 35.0 Å². The van der Waals surface area contributed by atoms with Gasteiger partial charge in [-0.2, -0.15) is 0 Å². The van der Waals surface area contributed by atoms with Gasteiger partial charge in [-0.1, -0.05) is 6.42 Å². The van der Waals surface area contributed by atoms with Crippen LogP contribution in [-0.4, -0.2) is 11.8 Å². The highest BCUT2D eigenvalue weighted by Gasteiger charge is 1.84. The normalized spacial score (nSPS) is 9.17. The van der Waals surface area contributed by atoms with Gasteiger partial charge >= 0.3 is 0 Å². The van der Waals surface area contributed by atoms with Crippen LogP contribution < -0.4 is 0 Å². The van der Waals surface area contributed by atoms with E-state index in [2.05, 4.69) is 11.8 Å². The van der Waals surface area contributed by atoms with Crippen LogP contribution in [0.3, 0.4) is 0 Å². The molecule has 0 unspecified atom stereocenters. The average Bonchev–Trinajstić information content (AvgIpc) is 2.10. The van der Waals surface area contributed by atoms with Crippen LogP contribution in [0.2, 0.25) is 0 Å². The van der Waals surface area contributed by atoms with Crippen LogP contribution in [-0.2, 0) is 0 Å². The fourth-order valence-electron chi connectivity index (χ4n) is 0.817. The summed E-state index contributed by atoms with van der Waals surface area (Å²) in [5, 5.41) is 0. The van der Waals surface area contributed by atoms with Crippen molar-refractivity contribution in [2.75, 3.05) is 11.8 Å². The highest BCUT2D eigenvalue weighted by molar-refractivity contribution is 6.18. The van der Waals surface area contributed by atoms with E-state index >= 15 is 0 Å². The van der Waals surface area contributed by atoms with Crippen molar-refractivity contribution in [2.45, 2.75) is 38.5 Å². The van der Waals surface area contributed by atoms with Crippen LogP contribution in [0.15, 0.2) is 0 Å². The summed E-state index contributed by atoms with van der Waals surface area (Å²) in [6, 6.07) is 0. The molecule has 0 aromatic carbocycles. The minimum atomic E-state index is 0.723. The van der Waals surface area contributed by atoms with Crippen molar-refractivity contribution in [1.82, 2.24) is 0 Å². The van der Waals surface area contributed by atoms with Crippen molar-refractivity contribution in [1.29, 1.82) is 0 Å². The van der Waals surface area contributed by atoms with Gasteiger partial charge in [0, 0.05) is 24.6 Å². The number of hydrogen-bond acceptors (Lipinski definition) is 0. The molecule has 0 spiro atoms. The minimum Gasteiger partial charge on any atom is -0.127 e. The van der Waals surface area contributed by atoms with E-state index in [0.29, 0.717) is 0 Å². The van der Waals surface area contributed by atoms with E-state index in [0.717, 1.165) is 37.4 Å². The number of hydrogen-bond donors (Lipinski definition) is 0. The van der Waals surface area contributed by atoms with Gasteiger partial charge in [-0.25, -0.2) is 0 Å². The predicted octanol–water partition coefficient (Wildman–Crippen LogP) is 3.81. The molecule has 0 fully saturated rings. The molecule has 0 aliphatic rings. The molecular formula is C10H16Cl2. The standard InChI is InChI=1S/C10H16Cl2/c11-9-7-5-3-1-2-4-6-8-10-12/h1,3,5-10H2. The lowest BCUT2D eigenvalue weighted by molar-refractivity contribution is 0.740. The third-order valence-corrected chi connectivity index (χ3v) is 2.03. The first-order valence-electron chi connectivity index (χ1n) is 4.49. The summed E-state index contributed by atoms with van der Waals surface area (Å²) < 4.78 is 0. The lowest BCUT2D eigenvalue weighted by Crippen LogP contribution is -1.77. The molecule has 0 radical (unpaired) electrons. The Morgan fingerprint density at radius 2 is 1.25 bits per heavy atom. The molecule has 0 rings (SSSR count). The second kappa shape index (κ2) is 11.1. The van der Waals surface area contributed by atoms with Crippen LogP contribution >= 0.6 is 23.2 Å². The first-order chi connectivity index (χ1) is 5.91. The zero-order valence-electron chi connectivity index (χ0n) is 7.41. The van der Waals surface area contributed by atoms with Gasteiger partial charge in [-0.3, -0.25) is 0 Å². The molecule has 0 aromatic rings. The molecule has 0 aromatic heterocycles. The Bertz CT molecular complexity index is 133. The average molecular weight is 207 g/mol. The zero-order valence-corrected chi connectivity index (χ0v) is 8.92. The minimum absolute atomic E-state index is 0.723. The lowest BCUT2D eigenvalue weighted by atomic mass is 10.2. The second-order valence-electron chi connectivity index (χ2n) is 2.65. The summed E-state index contributed by atoms with van der Waals surface area (Å²) in [6.07, 6.45) is 6.47. The SMILES string of the molecule is ClCCCC#CCCCCCCl. The Kier molecular flexibility index (Phi) is 11.3. The Labute approximate surface area is 85.6 Å². The topological polar surface area (TPSA) is 0 Å². The van der Waals surface area contributed by atoms with Crippen molar-refractivity contribution >= 4 is 23.2 Å². The van der Waals surface area contributed by atoms with Crippen LogP contribution in [0.5, 0.6) is 0 Å². The molecule has 0 heterocycles. The van der Waals surface area contributed by atoms with Gasteiger partial charge in [0.05, 0.1) is 0 Å². The molecule has 0 atom stereocenters. The Balaban J connectivity index is 2.99. The molecule has 0 aliphatic heterocycles. The Morgan fingerprint density at radius 1 is 0.667 bits per heavy atom. The van der Waals surface area contributed by atoms with Gasteiger partial charge in [-0.05, 0) is 19.3 Å². The summed E-state index contributed by atoms with van der Waals surface area (Å²) in [6.45, 7) is 0. The van der Waals surface area contributed by atoms with Gasteiger partial charge in [0.1, 0.15) is 0 Å². The van der Waals surface area contributed by atoms with Crippen LogP contribution in [0.1, 0.15) is 38.5 Å². The van der Waals surface area contributed by atoms with E-state index in [4.69, 9.17) is 23.2 Å². The first-order valence-corrected chi connectivity index (χ1v) is 5.56. The third-order valence-electron chi connectivity index (χ3n) is 1.50. The monoisotopic (exact) mass is 206 g/mol. The van der Waals surface area contributed by atoms with Crippen LogP contribution in [0.25, 0.3) is 0 Å². The fraction of sp³-hybridized carbons (Fsp3) is 0.800. The van der Waals surface area contributed by atoms with E-state index in [9.17, 15) is 0 Å². The number of alkyl halides is 2. The maximum Gasteiger partial charge on any atom is 0.0232 e. The van der Waals surface area contributed by atoms with Gasteiger partial charge < -0.3 is 0 Å².